The molecule has 34 heavy (non-hydrogen) atoms. The lowest BCUT2D eigenvalue weighted by Gasteiger charge is -2.12. The first kappa shape index (κ1) is 21.1. The van der Waals surface area contributed by atoms with Gasteiger partial charge in [-0.25, -0.2) is 18.7 Å². The third-order valence-electron chi connectivity index (χ3n) is 6.25. The number of furan rings is 1. The molecule has 0 bridgehead atoms. The molecule has 0 N–H and O–H groups in total. The standard InChI is InChI=1S/C26H22FN5OS/c1-34-31-12-11-20(14-31)32-15-22(24(30-32)18-7-9-19(27)10-8-18)25-21-13-23(17-5-3-2-4-6-17)33-26(21)29-16-28-25/h2-10,13,15-16,20H,11-12,14H2,1H3. The van der Waals surface area contributed by atoms with E-state index in [2.05, 4.69) is 26.7 Å². The molecule has 4 heterocycles. The van der Waals surface area contributed by atoms with Crippen LogP contribution in [0.2, 0.25) is 0 Å². The molecule has 6 nitrogen and oxygen atoms in total. The fourth-order valence-corrected chi connectivity index (χ4v) is 5.09. The molecule has 170 valence electrons. The van der Waals surface area contributed by atoms with Crippen molar-refractivity contribution in [1.29, 1.82) is 0 Å². The first-order valence-corrected chi connectivity index (χ1v) is 12.3. The van der Waals surface area contributed by atoms with E-state index in [-0.39, 0.29) is 11.9 Å². The molecule has 1 fully saturated rings. The van der Waals surface area contributed by atoms with Gasteiger partial charge in [0, 0.05) is 36.0 Å². The second-order valence-corrected chi connectivity index (χ2v) is 9.19. The van der Waals surface area contributed by atoms with E-state index in [1.807, 2.05) is 41.1 Å². The highest BCUT2D eigenvalue weighted by Gasteiger charge is 2.27. The van der Waals surface area contributed by atoms with Gasteiger partial charge in [-0.3, -0.25) is 4.68 Å². The molecule has 8 heteroatoms. The summed E-state index contributed by atoms with van der Waals surface area (Å²) in [6, 6.07) is 18.6. The van der Waals surface area contributed by atoms with Crippen molar-refractivity contribution in [2.45, 2.75) is 12.5 Å². The van der Waals surface area contributed by atoms with Crippen LogP contribution in [-0.4, -0.2) is 43.4 Å². The Bertz CT molecular complexity index is 1450. The summed E-state index contributed by atoms with van der Waals surface area (Å²) in [5.41, 5.74) is 4.74. The molecule has 1 aliphatic heterocycles. The fourth-order valence-electron chi connectivity index (χ4n) is 4.48. The number of hydrogen-bond acceptors (Lipinski definition) is 6. The summed E-state index contributed by atoms with van der Waals surface area (Å²) in [6.45, 7) is 1.95. The quantitative estimate of drug-likeness (QED) is 0.289. The van der Waals surface area contributed by atoms with Crippen molar-refractivity contribution in [3.05, 3.63) is 79.0 Å². The van der Waals surface area contributed by atoms with E-state index in [0.29, 0.717) is 5.71 Å². The summed E-state index contributed by atoms with van der Waals surface area (Å²) in [6.07, 6.45) is 6.70. The van der Waals surface area contributed by atoms with Crippen LogP contribution in [0.3, 0.4) is 0 Å². The Balaban J connectivity index is 1.50. The van der Waals surface area contributed by atoms with E-state index < -0.39 is 0 Å². The Hall–Kier alpha value is -3.49. The minimum absolute atomic E-state index is 0.266. The molecule has 3 aromatic heterocycles. The maximum atomic E-state index is 13.7. The first-order chi connectivity index (χ1) is 16.7. The average molecular weight is 472 g/mol. The number of nitrogens with zero attached hydrogens (tertiary/aromatic N) is 5. The Morgan fingerprint density at radius 2 is 1.82 bits per heavy atom. The fraction of sp³-hybridized carbons (Fsp3) is 0.192. The van der Waals surface area contributed by atoms with E-state index in [9.17, 15) is 4.39 Å². The van der Waals surface area contributed by atoms with Crippen LogP contribution in [-0.2, 0) is 0 Å². The number of hydrogen-bond donors (Lipinski definition) is 0. The number of benzene rings is 2. The van der Waals surface area contributed by atoms with E-state index in [1.54, 1.807) is 24.1 Å². The predicted octanol–water partition coefficient (Wildman–Crippen LogP) is 6.08. The van der Waals surface area contributed by atoms with Crippen LogP contribution in [0.15, 0.2) is 77.6 Å². The van der Waals surface area contributed by atoms with Crippen molar-refractivity contribution in [2.24, 2.45) is 0 Å². The van der Waals surface area contributed by atoms with Crippen LogP contribution in [0.4, 0.5) is 4.39 Å². The molecule has 0 amide bonds. The molecule has 0 saturated carbocycles. The lowest BCUT2D eigenvalue weighted by atomic mass is 10.0. The van der Waals surface area contributed by atoms with Gasteiger partial charge in [-0.2, -0.15) is 5.10 Å². The Labute approximate surface area is 200 Å². The molecule has 0 spiro atoms. The number of aromatic nitrogens is 4. The molecule has 6 rings (SSSR count). The molecule has 2 aromatic carbocycles. The minimum atomic E-state index is -0.275. The van der Waals surface area contributed by atoms with Gasteiger partial charge in [0.25, 0.3) is 0 Å². The maximum absolute atomic E-state index is 13.7. The van der Waals surface area contributed by atoms with E-state index in [4.69, 9.17) is 9.52 Å². The van der Waals surface area contributed by atoms with Crippen LogP contribution in [0.1, 0.15) is 12.5 Å². The van der Waals surface area contributed by atoms with Crippen LogP contribution in [0.5, 0.6) is 0 Å². The summed E-state index contributed by atoms with van der Waals surface area (Å²) >= 11 is 1.76. The van der Waals surface area contributed by atoms with Crippen molar-refractivity contribution in [3.63, 3.8) is 0 Å². The second kappa shape index (κ2) is 8.70. The van der Waals surface area contributed by atoms with Crippen molar-refractivity contribution in [3.8, 4) is 33.8 Å². The zero-order valence-corrected chi connectivity index (χ0v) is 19.4. The molecule has 1 saturated heterocycles. The van der Waals surface area contributed by atoms with Gasteiger partial charge < -0.3 is 4.42 Å². The molecule has 0 aliphatic carbocycles. The molecule has 0 radical (unpaired) electrons. The monoisotopic (exact) mass is 471 g/mol. The van der Waals surface area contributed by atoms with Gasteiger partial charge in [0.2, 0.25) is 5.71 Å². The predicted molar refractivity (Wildman–Crippen MR) is 133 cm³/mol. The topological polar surface area (TPSA) is 60.0 Å². The summed E-state index contributed by atoms with van der Waals surface area (Å²) in [4.78, 5) is 9.01. The van der Waals surface area contributed by atoms with Crippen molar-refractivity contribution in [1.82, 2.24) is 24.1 Å². The van der Waals surface area contributed by atoms with Crippen molar-refractivity contribution < 1.29 is 8.81 Å². The Morgan fingerprint density at radius 1 is 1.00 bits per heavy atom. The van der Waals surface area contributed by atoms with Crippen LogP contribution in [0, 0.1) is 5.82 Å². The van der Waals surface area contributed by atoms with E-state index in [0.717, 1.165) is 58.7 Å². The van der Waals surface area contributed by atoms with Crippen molar-refractivity contribution in [2.75, 3.05) is 19.3 Å². The molecule has 5 aromatic rings. The maximum Gasteiger partial charge on any atom is 0.230 e. The van der Waals surface area contributed by atoms with Gasteiger partial charge in [0.1, 0.15) is 23.6 Å². The SMILES string of the molecule is CSN1CCC(n2cc(-c3ncnc4oc(-c5ccccc5)cc34)c(-c3ccc(F)cc3)n2)C1. The van der Waals surface area contributed by atoms with Crippen molar-refractivity contribution >= 4 is 23.0 Å². The van der Waals surface area contributed by atoms with Gasteiger partial charge in [-0.15, -0.1) is 0 Å². The third-order valence-corrected chi connectivity index (χ3v) is 7.10. The van der Waals surface area contributed by atoms with E-state index >= 15 is 0 Å². The zero-order valence-electron chi connectivity index (χ0n) is 18.6. The zero-order chi connectivity index (χ0) is 23.1. The second-order valence-electron chi connectivity index (χ2n) is 8.31. The summed E-state index contributed by atoms with van der Waals surface area (Å²) in [5, 5.41) is 5.80. The molecule has 1 aliphatic rings. The van der Waals surface area contributed by atoms with Gasteiger partial charge in [0.05, 0.1) is 17.1 Å². The highest BCUT2D eigenvalue weighted by atomic mass is 32.2. The molecular formula is C26H22FN5OS. The Morgan fingerprint density at radius 3 is 2.59 bits per heavy atom. The number of rotatable bonds is 5. The molecular weight excluding hydrogens is 449 g/mol. The third kappa shape index (κ3) is 3.78. The number of fused-ring (bicyclic) bond motifs is 1. The highest BCUT2D eigenvalue weighted by Crippen LogP contribution is 2.38. The lowest BCUT2D eigenvalue weighted by Crippen LogP contribution is -2.14. The number of halogens is 1. The van der Waals surface area contributed by atoms with Gasteiger partial charge in [-0.05, 0) is 43.0 Å². The smallest absolute Gasteiger partial charge is 0.230 e. The van der Waals surface area contributed by atoms with E-state index in [1.165, 1.54) is 18.5 Å². The summed E-state index contributed by atoms with van der Waals surface area (Å²) in [7, 11) is 0. The Kier molecular flexibility index (Phi) is 5.39. The molecule has 1 atom stereocenters. The van der Waals surface area contributed by atoms with Gasteiger partial charge in [0.15, 0.2) is 0 Å². The minimum Gasteiger partial charge on any atom is -0.438 e. The lowest BCUT2D eigenvalue weighted by molar-refractivity contribution is 0.465. The van der Waals surface area contributed by atoms with Gasteiger partial charge in [-0.1, -0.05) is 42.3 Å². The summed E-state index contributed by atoms with van der Waals surface area (Å²) < 4.78 is 24.1. The normalized spacial score (nSPS) is 16.5. The van der Waals surface area contributed by atoms with Crippen LogP contribution < -0.4 is 0 Å². The average Bonchev–Trinajstić information content (AvgIpc) is 3.62. The van der Waals surface area contributed by atoms with Crippen LogP contribution >= 0.6 is 11.9 Å². The molecule has 1 unspecified atom stereocenters. The highest BCUT2D eigenvalue weighted by molar-refractivity contribution is 7.96. The van der Waals surface area contributed by atoms with Gasteiger partial charge >= 0.3 is 0 Å². The largest absolute Gasteiger partial charge is 0.438 e. The summed E-state index contributed by atoms with van der Waals surface area (Å²) in [5.74, 6) is 0.461. The first-order valence-electron chi connectivity index (χ1n) is 11.1. The van der Waals surface area contributed by atoms with Crippen LogP contribution in [0.25, 0.3) is 44.9 Å².